The predicted octanol–water partition coefficient (Wildman–Crippen LogP) is 2.71. The number of hydrogen-bond donors (Lipinski definition) is 3. The molecule has 9 heteroatoms. The van der Waals surface area contributed by atoms with E-state index in [0.29, 0.717) is 17.1 Å². The maximum atomic E-state index is 12.5. The summed E-state index contributed by atoms with van der Waals surface area (Å²) in [5.74, 6) is -0.110. The lowest BCUT2D eigenvalue weighted by atomic mass is 9.99. The zero-order valence-electron chi connectivity index (χ0n) is 20.3. The molecule has 9 nitrogen and oxygen atoms in total. The number of hydrogen-bond acceptors (Lipinski definition) is 8. The van der Waals surface area contributed by atoms with Crippen LogP contribution in [0.1, 0.15) is 25.7 Å². The van der Waals surface area contributed by atoms with Gasteiger partial charge in [0.2, 0.25) is 5.95 Å². The van der Waals surface area contributed by atoms with Crippen LogP contribution in [0.2, 0.25) is 0 Å². The highest BCUT2D eigenvalue weighted by molar-refractivity contribution is 5.97. The van der Waals surface area contributed by atoms with Gasteiger partial charge in [-0.05, 0) is 48.9 Å². The third kappa shape index (κ3) is 4.56. The van der Waals surface area contributed by atoms with Crippen molar-refractivity contribution in [3.8, 4) is 5.75 Å². The van der Waals surface area contributed by atoms with E-state index >= 15 is 0 Å². The minimum Gasteiger partial charge on any atom is -0.495 e. The summed E-state index contributed by atoms with van der Waals surface area (Å²) < 4.78 is 27.5. The van der Waals surface area contributed by atoms with Crippen molar-refractivity contribution in [1.82, 2.24) is 25.4 Å². The first kappa shape index (κ1) is 17.0. The van der Waals surface area contributed by atoms with Crippen molar-refractivity contribution < 1.29 is 13.6 Å². The number of carbonyl (C=O) groups is 1. The number of nitrogens with zero attached hydrogens (tertiary/aromatic N) is 4. The fraction of sp³-hybridized carbons (Fsp3) is 0.273. The number of para-hydroxylation sites is 1. The van der Waals surface area contributed by atoms with Gasteiger partial charge in [-0.1, -0.05) is 18.2 Å². The van der Waals surface area contributed by atoms with Crippen molar-refractivity contribution in [3.63, 3.8) is 0 Å². The molecule has 0 unspecified atom stereocenters. The molecule has 1 aliphatic heterocycles. The van der Waals surface area contributed by atoms with E-state index in [2.05, 4.69) is 37.8 Å². The van der Waals surface area contributed by atoms with Gasteiger partial charge in [-0.15, -0.1) is 10.2 Å². The number of anilines is 4. The molecule has 3 aromatic rings. The molecule has 0 radical (unpaired) electrons. The van der Waals surface area contributed by atoms with E-state index in [1.165, 1.54) is 11.1 Å². The zero-order chi connectivity index (χ0) is 24.3. The highest BCUT2D eigenvalue weighted by atomic mass is 16.5. The molecule has 0 saturated carbocycles. The summed E-state index contributed by atoms with van der Waals surface area (Å²) in [4.78, 5) is 19.2. The van der Waals surface area contributed by atoms with Crippen molar-refractivity contribution >= 4 is 29.0 Å². The Morgan fingerprint density at radius 3 is 2.77 bits per heavy atom. The SMILES string of the molecule is [2H]C([2H])([2H])NC(=O)c1nnc(Nc2cc3c(cc2OC)CCN(C)C3)nc1Nc1ccccc1. The first-order valence-electron chi connectivity index (χ1n) is 11.3. The first-order chi connectivity index (χ1) is 16.2. The van der Waals surface area contributed by atoms with E-state index in [1.54, 1.807) is 19.2 Å². The number of fused-ring (bicyclic) bond motifs is 1. The Morgan fingerprint density at radius 1 is 1.16 bits per heavy atom. The Balaban J connectivity index is 1.68. The summed E-state index contributed by atoms with van der Waals surface area (Å²) in [5.41, 5.74) is 3.45. The van der Waals surface area contributed by atoms with Crippen molar-refractivity contribution in [2.24, 2.45) is 0 Å². The molecule has 2 heterocycles. The average molecular weight is 423 g/mol. The Hall–Kier alpha value is -3.72. The highest BCUT2D eigenvalue weighted by Crippen LogP contribution is 2.33. The topological polar surface area (TPSA) is 104 Å². The van der Waals surface area contributed by atoms with Crippen LogP contribution in [0.15, 0.2) is 42.5 Å². The van der Waals surface area contributed by atoms with E-state index in [-0.39, 0.29) is 17.5 Å². The Kier molecular flexibility index (Phi) is 4.92. The third-order valence-electron chi connectivity index (χ3n) is 5.02. The van der Waals surface area contributed by atoms with Crippen LogP contribution >= 0.6 is 0 Å². The number of ether oxygens (including phenoxy) is 1. The molecule has 0 saturated heterocycles. The second kappa shape index (κ2) is 8.97. The number of carbonyl (C=O) groups excluding carboxylic acids is 1. The molecule has 1 amide bonds. The van der Waals surface area contributed by atoms with Gasteiger partial charge in [0, 0.05) is 29.9 Å². The second-order valence-corrected chi connectivity index (χ2v) is 7.21. The maximum Gasteiger partial charge on any atom is 0.275 e. The lowest BCUT2D eigenvalue weighted by molar-refractivity contribution is 0.0958. The Bertz CT molecular complexity index is 1190. The average Bonchev–Trinajstić information content (AvgIpc) is 2.78. The minimum absolute atomic E-state index is 0.0575. The largest absolute Gasteiger partial charge is 0.495 e. The number of rotatable bonds is 6. The molecular weight excluding hydrogens is 394 g/mol. The van der Waals surface area contributed by atoms with Crippen LogP contribution in [0.5, 0.6) is 5.75 Å². The monoisotopic (exact) mass is 422 g/mol. The standard InChI is InChI=1S/C22H25N7O2/c1-23-21(30)19-20(24-16-7-5-4-6-8-16)26-22(28-27-19)25-17-11-15-13-29(2)10-9-14(15)12-18(17)31-3/h4-8,11-12H,9-10,13H2,1-3H3,(H,23,30)(H2,24,25,26,28)/i1D3. The Labute approximate surface area is 185 Å². The van der Waals surface area contributed by atoms with Gasteiger partial charge in [-0.2, -0.15) is 4.98 Å². The number of methoxy groups -OCH3 is 1. The minimum atomic E-state index is -2.68. The normalized spacial score (nSPS) is 15.1. The summed E-state index contributed by atoms with van der Waals surface area (Å²) in [6, 6.07) is 13.0. The predicted molar refractivity (Wildman–Crippen MR) is 119 cm³/mol. The molecule has 1 aromatic heterocycles. The van der Waals surface area contributed by atoms with Crippen LogP contribution in [0.3, 0.4) is 0 Å². The quantitative estimate of drug-likeness (QED) is 0.557. The van der Waals surface area contributed by atoms with Gasteiger partial charge in [0.15, 0.2) is 11.5 Å². The maximum absolute atomic E-state index is 12.5. The molecule has 4 rings (SSSR count). The summed E-state index contributed by atoms with van der Waals surface area (Å²) in [6.07, 6.45) is 0.930. The molecule has 0 atom stereocenters. The molecular formula is C22H25N7O2. The van der Waals surface area contributed by atoms with Gasteiger partial charge in [0.1, 0.15) is 5.75 Å². The van der Waals surface area contributed by atoms with E-state index < -0.39 is 12.9 Å². The van der Waals surface area contributed by atoms with Gasteiger partial charge in [-0.25, -0.2) is 0 Å². The molecule has 160 valence electrons. The number of likely N-dealkylation sites (N-methyl/N-ethyl adjacent to an activating group) is 1. The van der Waals surface area contributed by atoms with Crippen molar-refractivity contribution in [3.05, 3.63) is 59.3 Å². The summed E-state index contributed by atoms with van der Waals surface area (Å²) >= 11 is 0. The Morgan fingerprint density at radius 2 is 2.00 bits per heavy atom. The van der Waals surface area contributed by atoms with Crippen LogP contribution in [-0.2, 0) is 13.0 Å². The van der Waals surface area contributed by atoms with Gasteiger partial charge in [0.25, 0.3) is 5.91 Å². The molecule has 0 spiro atoms. The van der Waals surface area contributed by atoms with E-state index in [0.717, 1.165) is 19.5 Å². The molecule has 31 heavy (non-hydrogen) atoms. The van der Waals surface area contributed by atoms with Gasteiger partial charge < -0.3 is 25.6 Å². The molecule has 0 aliphatic carbocycles. The smallest absolute Gasteiger partial charge is 0.275 e. The van der Waals surface area contributed by atoms with Gasteiger partial charge in [-0.3, -0.25) is 4.79 Å². The molecule has 3 N–H and O–H groups in total. The lowest BCUT2D eigenvalue weighted by Crippen LogP contribution is -2.26. The van der Waals surface area contributed by atoms with Crippen LogP contribution in [0.4, 0.5) is 23.1 Å². The molecule has 0 fully saturated rings. The van der Waals surface area contributed by atoms with Crippen LogP contribution in [0.25, 0.3) is 0 Å². The number of benzene rings is 2. The third-order valence-corrected chi connectivity index (χ3v) is 5.02. The highest BCUT2D eigenvalue weighted by Gasteiger charge is 2.19. The lowest BCUT2D eigenvalue weighted by Gasteiger charge is -2.26. The number of aromatic nitrogens is 3. The number of nitrogens with one attached hydrogen (secondary N) is 3. The summed E-state index contributed by atoms with van der Waals surface area (Å²) in [6.45, 7) is -0.893. The fourth-order valence-electron chi connectivity index (χ4n) is 3.45. The van der Waals surface area contributed by atoms with Gasteiger partial charge in [0.05, 0.1) is 12.8 Å². The second-order valence-electron chi connectivity index (χ2n) is 7.21. The summed E-state index contributed by atoms with van der Waals surface area (Å²) in [7, 11) is 3.66. The zero-order valence-corrected chi connectivity index (χ0v) is 17.3. The van der Waals surface area contributed by atoms with Gasteiger partial charge >= 0.3 is 0 Å². The van der Waals surface area contributed by atoms with E-state index in [4.69, 9.17) is 8.85 Å². The van der Waals surface area contributed by atoms with Crippen molar-refractivity contribution in [2.45, 2.75) is 13.0 Å². The molecule has 1 aliphatic rings. The summed E-state index contributed by atoms with van der Waals surface area (Å²) in [5, 5.41) is 16.0. The van der Waals surface area contributed by atoms with Crippen LogP contribution < -0.4 is 20.7 Å². The fourth-order valence-corrected chi connectivity index (χ4v) is 3.45. The van der Waals surface area contributed by atoms with Crippen molar-refractivity contribution in [1.29, 1.82) is 0 Å². The van der Waals surface area contributed by atoms with Crippen molar-refractivity contribution in [2.75, 3.05) is 38.3 Å². The van der Waals surface area contributed by atoms with E-state index in [9.17, 15) is 4.79 Å². The van der Waals surface area contributed by atoms with E-state index in [1.807, 2.05) is 35.6 Å². The molecule has 2 aromatic carbocycles. The molecule has 0 bridgehead atoms. The van der Waals surface area contributed by atoms with Crippen LogP contribution in [0, 0.1) is 0 Å². The number of amides is 1. The van der Waals surface area contributed by atoms with Crippen LogP contribution in [-0.4, -0.2) is 53.7 Å². The first-order valence-corrected chi connectivity index (χ1v) is 9.76.